The summed E-state index contributed by atoms with van der Waals surface area (Å²) in [6.45, 7) is 3.80. The van der Waals surface area contributed by atoms with Crippen molar-refractivity contribution in [1.29, 1.82) is 0 Å². The summed E-state index contributed by atoms with van der Waals surface area (Å²) < 4.78 is 19.5. The molecule has 2 aromatic rings. The second-order valence-corrected chi connectivity index (χ2v) is 7.62. The average Bonchev–Trinajstić information content (AvgIpc) is 3.24. The summed E-state index contributed by atoms with van der Waals surface area (Å²) in [5, 5.41) is 5.54. The number of nitrogens with zero attached hydrogens (tertiary/aromatic N) is 1. The Morgan fingerprint density at radius 2 is 2.30 bits per heavy atom. The van der Waals surface area contributed by atoms with Crippen molar-refractivity contribution in [3.63, 3.8) is 0 Å². The van der Waals surface area contributed by atoms with E-state index in [0.29, 0.717) is 6.61 Å². The first-order valence-electron chi connectivity index (χ1n) is 8.12. The lowest BCUT2D eigenvalue weighted by Gasteiger charge is -2.23. The zero-order valence-corrected chi connectivity index (χ0v) is 13.8. The predicted octanol–water partition coefficient (Wildman–Crippen LogP) is 3.73. The van der Waals surface area contributed by atoms with E-state index < -0.39 is 0 Å². The lowest BCUT2D eigenvalue weighted by molar-refractivity contribution is 0.0120. The van der Waals surface area contributed by atoms with Crippen molar-refractivity contribution < 1.29 is 9.13 Å². The third-order valence-electron chi connectivity index (χ3n) is 4.76. The van der Waals surface area contributed by atoms with Gasteiger partial charge in [0.05, 0.1) is 18.2 Å². The fraction of sp³-hybridized carbons (Fsp3) is 0.444. The highest BCUT2D eigenvalue weighted by Crippen LogP contribution is 2.37. The van der Waals surface area contributed by atoms with Gasteiger partial charge >= 0.3 is 0 Å². The first kappa shape index (κ1) is 15.1. The van der Waals surface area contributed by atoms with Crippen molar-refractivity contribution in [1.82, 2.24) is 4.90 Å². The van der Waals surface area contributed by atoms with Crippen molar-refractivity contribution in [2.75, 3.05) is 25.0 Å². The number of likely N-dealkylation sites (tertiary alicyclic amines) is 1. The van der Waals surface area contributed by atoms with Crippen LogP contribution in [0, 0.1) is 5.82 Å². The number of halogens is 1. The maximum atomic E-state index is 13.3. The van der Waals surface area contributed by atoms with E-state index in [1.165, 1.54) is 10.9 Å². The summed E-state index contributed by atoms with van der Waals surface area (Å²) in [5.41, 5.74) is 0.812. The predicted molar refractivity (Wildman–Crippen MR) is 91.3 cm³/mol. The number of ether oxygens (including phenoxy) is 1. The second-order valence-electron chi connectivity index (χ2n) is 6.59. The quantitative estimate of drug-likeness (QED) is 0.923. The fourth-order valence-electron chi connectivity index (χ4n) is 3.72. The zero-order chi connectivity index (χ0) is 15.7. The molecule has 1 spiro atoms. The van der Waals surface area contributed by atoms with Crippen LogP contribution in [0.3, 0.4) is 0 Å². The zero-order valence-electron chi connectivity index (χ0n) is 13.0. The smallest absolute Gasteiger partial charge is 0.125 e. The summed E-state index contributed by atoms with van der Waals surface area (Å²) >= 11 is 1.81. The molecule has 2 aliphatic heterocycles. The van der Waals surface area contributed by atoms with Crippen LogP contribution < -0.4 is 5.32 Å². The van der Waals surface area contributed by atoms with Crippen molar-refractivity contribution in [3.05, 3.63) is 52.5 Å². The minimum Gasteiger partial charge on any atom is -0.380 e. The average molecular weight is 332 g/mol. The van der Waals surface area contributed by atoms with Gasteiger partial charge in [0, 0.05) is 36.6 Å². The molecule has 1 aromatic carbocycles. The monoisotopic (exact) mass is 332 g/mol. The third kappa shape index (κ3) is 3.42. The van der Waals surface area contributed by atoms with Gasteiger partial charge in [-0.05, 0) is 36.1 Å². The molecule has 2 saturated heterocycles. The molecule has 1 aromatic heterocycles. The van der Waals surface area contributed by atoms with E-state index in [1.54, 1.807) is 12.1 Å². The van der Waals surface area contributed by atoms with E-state index in [9.17, 15) is 4.39 Å². The van der Waals surface area contributed by atoms with E-state index >= 15 is 0 Å². The third-order valence-corrected chi connectivity index (χ3v) is 5.62. The minimum atomic E-state index is -0.202. The Morgan fingerprint density at radius 3 is 3.13 bits per heavy atom. The number of rotatable bonds is 4. The number of benzene rings is 1. The summed E-state index contributed by atoms with van der Waals surface area (Å²) in [5.74, 6) is -0.202. The van der Waals surface area contributed by atoms with E-state index in [0.717, 1.165) is 38.2 Å². The van der Waals surface area contributed by atoms with Gasteiger partial charge in [0.2, 0.25) is 0 Å². The molecule has 0 amide bonds. The first-order chi connectivity index (χ1) is 11.2. The van der Waals surface area contributed by atoms with Gasteiger partial charge in [0.25, 0.3) is 0 Å². The van der Waals surface area contributed by atoms with E-state index in [4.69, 9.17) is 4.74 Å². The molecule has 2 aliphatic rings. The fourth-order valence-corrected chi connectivity index (χ4v) is 4.47. The van der Waals surface area contributed by atoms with Gasteiger partial charge in [0.15, 0.2) is 0 Å². The largest absolute Gasteiger partial charge is 0.380 e. The normalized spacial score (nSPS) is 27.8. The van der Waals surface area contributed by atoms with E-state index in [-0.39, 0.29) is 17.5 Å². The highest BCUT2D eigenvalue weighted by Gasteiger charge is 2.45. The Kier molecular flexibility index (Phi) is 4.09. The standard InChI is InChI=1S/C18H21FN2OS/c19-14-3-1-4-15(9-14)20-16-10-18(22-12-16)6-7-21(13-18)11-17-5-2-8-23-17/h1-5,8-9,16,20H,6-7,10-13H2. The van der Waals surface area contributed by atoms with Gasteiger partial charge in [0.1, 0.15) is 5.82 Å². The molecule has 122 valence electrons. The Hall–Kier alpha value is -1.43. The van der Waals surface area contributed by atoms with Crippen LogP contribution >= 0.6 is 11.3 Å². The van der Waals surface area contributed by atoms with Crippen LogP contribution in [0.1, 0.15) is 17.7 Å². The van der Waals surface area contributed by atoms with E-state index in [1.807, 2.05) is 17.4 Å². The van der Waals surface area contributed by atoms with E-state index in [2.05, 4.69) is 27.7 Å². The molecule has 5 heteroatoms. The second kappa shape index (κ2) is 6.23. The SMILES string of the molecule is Fc1cccc(NC2COC3(CCN(Cc4cccs4)C3)C2)c1. The number of thiophene rings is 1. The number of nitrogens with one attached hydrogen (secondary N) is 1. The van der Waals surface area contributed by atoms with Gasteiger partial charge in [-0.25, -0.2) is 4.39 Å². The van der Waals surface area contributed by atoms with Gasteiger partial charge in [-0.1, -0.05) is 12.1 Å². The number of anilines is 1. The molecule has 2 fully saturated rings. The number of hydrogen-bond donors (Lipinski definition) is 1. The van der Waals surface area contributed by atoms with Crippen LogP contribution in [-0.2, 0) is 11.3 Å². The summed E-state index contributed by atoms with van der Waals surface area (Å²) in [6, 6.07) is 11.2. The number of hydrogen-bond acceptors (Lipinski definition) is 4. The van der Waals surface area contributed by atoms with Crippen LogP contribution in [0.25, 0.3) is 0 Å². The van der Waals surface area contributed by atoms with Crippen LogP contribution in [-0.4, -0.2) is 36.2 Å². The molecule has 1 N–H and O–H groups in total. The Morgan fingerprint density at radius 1 is 1.35 bits per heavy atom. The van der Waals surface area contributed by atoms with Crippen LogP contribution in [0.4, 0.5) is 10.1 Å². The molecule has 0 aliphatic carbocycles. The molecule has 23 heavy (non-hydrogen) atoms. The molecule has 3 nitrogen and oxygen atoms in total. The molecule has 4 rings (SSSR count). The lowest BCUT2D eigenvalue weighted by atomic mass is 9.97. The van der Waals surface area contributed by atoms with Crippen LogP contribution in [0.5, 0.6) is 0 Å². The van der Waals surface area contributed by atoms with Crippen molar-refractivity contribution in [2.24, 2.45) is 0 Å². The molecule has 2 atom stereocenters. The summed E-state index contributed by atoms with van der Waals surface area (Å²) in [7, 11) is 0. The summed E-state index contributed by atoms with van der Waals surface area (Å²) in [4.78, 5) is 3.89. The molecule has 3 heterocycles. The topological polar surface area (TPSA) is 24.5 Å². The Labute approximate surface area is 140 Å². The molecular weight excluding hydrogens is 311 g/mol. The molecular formula is C18H21FN2OS. The maximum absolute atomic E-state index is 13.3. The highest BCUT2D eigenvalue weighted by atomic mass is 32.1. The van der Waals surface area contributed by atoms with Crippen LogP contribution in [0.2, 0.25) is 0 Å². The van der Waals surface area contributed by atoms with Gasteiger partial charge < -0.3 is 10.1 Å². The Balaban J connectivity index is 1.34. The van der Waals surface area contributed by atoms with Crippen molar-refractivity contribution >= 4 is 17.0 Å². The summed E-state index contributed by atoms with van der Waals surface area (Å²) in [6.07, 6.45) is 2.07. The molecule has 0 bridgehead atoms. The van der Waals surface area contributed by atoms with Crippen molar-refractivity contribution in [2.45, 2.75) is 31.0 Å². The van der Waals surface area contributed by atoms with Crippen LogP contribution in [0.15, 0.2) is 41.8 Å². The molecule has 0 saturated carbocycles. The van der Waals surface area contributed by atoms with Crippen molar-refractivity contribution in [3.8, 4) is 0 Å². The Bertz CT molecular complexity index is 663. The molecule has 0 radical (unpaired) electrons. The molecule has 2 unspecified atom stereocenters. The lowest BCUT2D eigenvalue weighted by Crippen LogP contribution is -2.33. The maximum Gasteiger partial charge on any atom is 0.125 e. The first-order valence-corrected chi connectivity index (χ1v) is 9.00. The van der Waals surface area contributed by atoms with Gasteiger partial charge in [-0.3, -0.25) is 4.90 Å². The van der Waals surface area contributed by atoms with Gasteiger partial charge in [-0.15, -0.1) is 11.3 Å². The minimum absolute atomic E-state index is 0.0255. The van der Waals surface area contributed by atoms with Gasteiger partial charge in [-0.2, -0.15) is 0 Å². The highest BCUT2D eigenvalue weighted by molar-refractivity contribution is 7.09.